The third-order valence-corrected chi connectivity index (χ3v) is 4.89. The molecule has 2 saturated heterocycles. The Morgan fingerprint density at radius 2 is 1.78 bits per heavy atom. The van der Waals surface area contributed by atoms with E-state index < -0.39 is 0 Å². The number of likely N-dealkylation sites (N-methyl/N-ethyl adjacent to an activating group) is 1. The van der Waals surface area contributed by atoms with Crippen molar-refractivity contribution in [1.29, 1.82) is 0 Å². The highest BCUT2D eigenvalue weighted by Crippen LogP contribution is 2.11. The van der Waals surface area contributed by atoms with Crippen molar-refractivity contribution in [3.63, 3.8) is 0 Å². The van der Waals surface area contributed by atoms with Crippen LogP contribution < -0.4 is 10.6 Å². The Kier molecular flexibility index (Phi) is 5.65. The minimum Gasteiger partial charge on any atom is -0.349 e. The lowest BCUT2D eigenvalue weighted by Crippen LogP contribution is -2.43. The standard InChI is InChI=1S/C18H28N4O/c1-21-10-12-22(13-11-21)14-15-2-4-16(5-3-15)18(23)20-17-6-8-19-9-7-17/h2-5,17,19H,6-14H2,1H3,(H,20,23). The molecular formula is C18H28N4O. The fraction of sp³-hybridized carbons (Fsp3) is 0.611. The lowest BCUT2D eigenvalue weighted by Gasteiger charge is -2.32. The molecule has 126 valence electrons. The Hall–Kier alpha value is -1.43. The molecule has 0 aliphatic carbocycles. The molecule has 0 spiro atoms. The minimum absolute atomic E-state index is 0.0584. The van der Waals surface area contributed by atoms with Crippen molar-refractivity contribution < 1.29 is 4.79 Å². The number of hydrogen-bond donors (Lipinski definition) is 2. The molecule has 2 heterocycles. The largest absolute Gasteiger partial charge is 0.349 e. The number of hydrogen-bond acceptors (Lipinski definition) is 4. The van der Waals surface area contributed by atoms with Crippen molar-refractivity contribution >= 4 is 5.91 Å². The summed E-state index contributed by atoms with van der Waals surface area (Å²) in [6.45, 7) is 7.48. The Labute approximate surface area is 139 Å². The van der Waals surface area contributed by atoms with Gasteiger partial charge in [-0.3, -0.25) is 9.69 Å². The van der Waals surface area contributed by atoms with Crippen molar-refractivity contribution in [2.24, 2.45) is 0 Å². The van der Waals surface area contributed by atoms with Gasteiger partial charge in [0.15, 0.2) is 0 Å². The van der Waals surface area contributed by atoms with Crippen LogP contribution in [-0.4, -0.2) is 68.1 Å². The first kappa shape index (κ1) is 16.4. The van der Waals surface area contributed by atoms with Gasteiger partial charge >= 0.3 is 0 Å². The third-order valence-electron chi connectivity index (χ3n) is 4.89. The zero-order valence-electron chi connectivity index (χ0n) is 14.1. The molecule has 0 atom stereocenters. The molecule has 0 aromatic heterocycles. The molecule has 2 aliphatic rings. The maximum atomic E-state index is 12.3. The number of amides is 1. The molecule has 2 aliphatic heterocycles. The topological polar surface area (TPSA) is 47.6 Å². The average molecular weight is 316 g/mol. The van der Waals surface area contributed by atoms with Crippen molar-refractivity contribution in [2.75, 3.05) is 46.3 Å². The second-order valence-electron chi connectivity index (χ2n) is 6.77. The monoisotopic (exact) mass is 316 g/mol. The number of nitrogens with one attached hydrogen (secondary N) is 2. The number of nitrogens with zero attached hydrogens (tertiary/aromatic N) is 2. The van der Waals surface area contributed by atoms with Gasteiger partial charge in [0.25, 0.3) is 5.91 Å². The summed E-state index contributed by atoms with van der Waals surface area (Å²) < 4.78 is 0. The van der Waals surface area contributed by atoms with E-state index in [0.29, 0.717) is 6.04 Å². The first-order chi connectivity index (χ1) is 11.2. The average Bonchev–Trinajstić information content (AvgIpc) is 2.58. The van der Waals surface area contributed by atoms with Crippen molar-refractivity contribution in [3.8, 4) is 0 Å². The molecule has 3 rings (SSSR count). The first-order valence-corrected chi connectivity index (χ1v) is 8.72. The van der Waals surface area contributed by atoms with E-state index in [-0.39, 0.29) is 5.91 Å². The van der Waals surface area contributed by atoms with Crippen LogP contribution in [0.2, 0.25) is 0 Å². The maximum absolute atomic E-state index is 12.3. The molecule has 0 radical (unpaired) electrons. The van der Waals surface area contributed by atoms with Crippen LogP contribution in [0, 0.1) is 0 Å². The summed E-state index contributed by atoms with van der Waals surface area (Å²) in [5.74, 6) is 0.0584. The fourth-order valence-electron chi connectivity index (χ4n) is 3.26. The molecule has 2 fully saturated rings. The molecule has 23 heavy (non-hydrogen) atoms. The van der Waals surface area contributed by atoms with E-state index in [1.165, 1.54) is 5.56 Å². The van der Waals surface area contributed by atoms with Crippen LogP contribution in [0.25, 0.3) is 0 Å². The van der Waals surface area contributed by atoms with E-state index in [9.17, 15) is 4.79 Å². The van der Waals surface area contributed by atoms with Crippen LogP contribution in [0.4, 0.5) is 0 Å². The Balaban J connectivity index is 1.51. The number of piperidine rings is 1. The summed E-state index contributed by atoms with van der Waals surface area (Å²) in [4.78, 5) is 17.1. The van der Waals surface area contributed by atoms with E-state index in [1.807, 2.05) is 12.1 Å². The number of rotatable bonds is 4. The molecule has 0 bridgehead atoms. The van der Waals surface area contributed by atoms with Gasteiger partial charge in [-0.2, -0.15) is 0 Å². The van der Waals surface area contributed by atoms with Crippen molar-refractivity contribution in [2.45, 2.75) is 25.4 Å². The van der Waals surface area contributed by atoms with Crippen LogP contribution >= 0.6 is 0 Å². The van der Waals surface area contributed by atoms with Crippen LogP contribution in [0.1, 0.15) is 28.8 Å². The summed E-state index contributed by atoms with van der Waals surface area (Å²) in [6, 6.07) is 8.42. The molecule has 5 heteroatoms. The number of carbonyl (C=O) groups excluding carboxylic acids is 1. The predicted molar refractivity (Wildman–Crippen MR) is 92.6 cm³/mol. The Morgan fingerprint density at radius 3 is 2.43 bits per heavy atom. The van der Waals surface area contributed by atoms with Gasteiger partial charge in [0.2, 0.25) is 0 Å². The minimum atomic E-state index is 0.0584. The van der Waals surface area contributed by atoms with Crippen LogP contribution in [0.3, 0.4) is 0 Å². The van der Waals surface area contributed by atoms with Crippen molar-refractivity contribution in [3.05, 3.63) is 35.4 Å². The van der Waals surface area contributed by atoms with Gasteiger partial charge in [-0.25, -0.2) is 0 Å². The second kappa shape index (κ2) is 7.90. The van der Waals surface area contributed by atoms with E-state index in [1.54, 1.807) is 0 Å². The van der Waals surface area contributed by atoms with E-state index >= 15 is 0 Å². The molecule has 1 amide bonds. The lowest BCUT2D eigenvalue weighted by atomic mass is 10.1. The molecule has 1 aromatic rings. The summed E-state index contributed by atoms with van der Waals surface area (Å²) in [5, 5.41) is 6.46. The second-order valence-corrected chi connectivity index (χ2v) is 6.77. The molecular weight excluding hydrogens is 288 g/mol. The van der Waals surface area contributed by atoms with Crippen LogP contribution in [0.5, 0.6) is 0 Å². The number of benzene rings is 1. The normalized spacial score (nSPS) is 21.3. The quantitative estimate of drug-likeness (QED) is 0.867. The number of piperazine rings is 1. The molecule has 2 N–H and O–H groups in total. The summed E-state index contributed by atoms with van der Waals surface area (Å²) >= 11 is 0. The molecule has 0 saturated carbocycles. The maximum Gasteiger partial charge on any atom is 0.251 e. The lowest BCUT2D eigenvalue weighted by molar-refractivity contribution is 0.0929. The summed E-state index contributed by atoms with van der Waals surface area (Å²) in [5.41, 5.74) is 2.05. The zero-order chi connectivity index (χ0) is 16.1. The summed E-state index contributed by atoms with van der Waals surface area (Å²) in [7, 11) is 2.17. The van der Waals surface area contributed by atoms with Crippen LogP contribution in [0.15, 0.2) is 24.3 Å². The molecule has 5 nitrogen and oxygen atoms in total. The highest BCUT2D eigenvalue weighted by Gasteiger charge is 2.17. The Bertz CT molecular complexity index is 502. The molecule has 1 aromatic carbocycles. The highest BCUT2D eigenvalue weighted by atomic mass is 16.1. The van der Waals surface area contributed by atoms with Gasteiger partial charge in [0.1, 0.15) is 0 Å². The predicted octanol–water partition coefficient (Wildman–Crippen LogP) is 0.916. The Morgan fingerprint density at radius 1 is 1.13 bits per heavy atom. The zero-order valence-corrected chi connectivity index (χ0v) is 14.1. The SMILES string of the molecule is CN1CCN(Cc2ccc(C(=O)NC3CCNCC3)cc2)CC1. The van der Waals surface area contributed by atoms with Gasteiger partial charge in [-0.1, -0.05) is 12.1 Å². The van der Waals surface area contributed by atoms with E-state index in [4.69, 9.17) is 0 Å². The smallest absolute Gasteiger partial charge is 0.251 e. The van der Waals surface area contributed by atoms with Crippen LogP contribution in [-0.2, 0) is 6.54 Å². The van der Waals surface area contributed by atoms with E-state index in [0.717, 1.165) is 64.2 Å². The van der Waals surface area contributed by atoms with Gasteiger partial charge in [0.05, 0.1) is 0 Å². The first-order valence-electron chi connectivity index (χ1n) is 8.72. The molecule has 0 unspecified atom stereocenters. The fourth-order valence-corrected chi connectivity index (χ4v) is 3.26. The van der Waals surface area contributed by atoms with Crippen molar-refractivity contribution in [1.82, 2.24) is 20.4 Å². The van der Waals surface area contributed by atoms with E-state index in [2.05, 4.69) is 39.6 Å². The highest BCUT2D eigenvalue weighted by molar-refractivity contribution is 5.94. The van der Waals surface area contributed by atoms with Gasteiger partial charge in [-0.15, -0.1) is 0 Å². The number of carbonyl (C=O) groups is 1. The van der Waals surface area contributed by atoms with Gasteiger partial charge < -0.3 is 15.5 Å². The van der Waals surface area contributed by atoms with Gasteiger partial charge in [-0.05, 0) is 50.7 Å². The third kappa shape index (κ3) is 4.77. The summed E-state index contributed by atoms with van der Waals surface area (Å²) in [6.07, 6.45) is 2.04. The van der Waals surface area contributed by atoms with Gasteiger partial charge in [0, 0.05) is 44.3 Å².